The Morgan fingerprint density at radius 1 is 0.921 bits per heavy atom. The Balaban J connectivity index is 1.24. The number of hydrazone groups is 1. The van der Waals surface area contributed by atoms with E-state index in [9.17, 15) is 0 Å². The van der Waals surface area contributed by atoms with E-state index in [1.165, 1.54) is 0 Å². The zero-order chi connectivity index (χ0) is 26.2. The molecule has 38 heavy (non-hydrogen) atoms. The summed E-state index contributed by atoms with van der Waals surface area (Å²) in [6, 6.07) is 22.6. The molecule has 194 valence electrons. The van der Waals surface area contributed by atoms with Gasteiger partial charge >= 0.3 is 0 Å². The summed E-state index contributed by atoms with van der Waals surface area (Å²) in [6.45, 7) is 3.00. The van der Waals surface area contributed by atoms with Crippen LogP contribution in [0.5, 0.6) is 5.75 Å². The summed E-state index contributed by atoms with van der Waals surface area (Å²) in [5, 5.41) is 8.71. The largest absolute Gasteiger partial charge is 0.489 e. The zero-order valence-corrected chi connectivity index (χ0v) is 21.9. The molecule has 0 aliphatic carbocycles. The van der Waals surface area contributed by atoms with Crippen LogP contribution in [-0.4, -0.2) is 47.5 Å². The van der Waals surface area contributed by atoms with E-state index in [1.54, 1.807) is 18.3 Å². The van der Waals surface area contributed by atoms with Gasteiger partial charge in [-0.3, -0.25) is 0 Å². The average molecular weight is 550 g/mol. The summed E-state index contributed by atoms with van der Waals surface area (Å²) in [6.07, 6.45) is 1.68. The van der Waals surface area contributed by atoms with E-state index >= 15 is 0 Å². The number of benzene rings is 3. The third kappa shape index (κ3) is 7.10. The Morgan fingerprint density at radius 2 is 1.68 bits per heavy atom. The van der Waals surface area contributed by atoms with Gasteiger partial charge in [0.25, 0.3) is 0 Å². The molecule has 1 aromatic heterocycles. The normalized spacial score (nSPS) is 13.5. The molecule has 3 aromatic carbocycles. The molecule has 2 heterocycles. The molecule has 11 heteroatoms. The van der Waals surface area contributed by atoms with Crippen molar-refractivity contribution in [1.29, 1.82) is 0 Å². The quantitative estimate of drug-likeness (QED) is 0.200. The van der Waals surface area contributed by atoms with Crippen LogP contribution in [0.15, 0.2) is 77.9 Å². The van der Waals surface area contributed by atoms with Gasteiger partial charge in [-0.2, -0.15) is 20.1 Å². The number of nitrogens with zero attached hydrogens (tertiary/aromatic N) is 5. The topological polar surface area (TPSA) is 96.8 Å². The number of nitrogens with one attached hydrogen (secondary N) is 2. The van der Waals surface area contributed by atoms with Gasteiger partial charge in [-0.15, -0.1) is 0 Å². The smallest absolute Gasteiger partial charge is 0.250 e. The molecule has 1 aliphatic heterocycles. The first-order chi connectivity index (χ1) is 18.6. The van der Waals surface area contributed by atoms with Crippen LogP contribution in [0.4, 0.5) is 23.5 Å². The fourth-order valence-corrected chi connectivity index (χ4v) is 4.10. The van der Waals surface area contributed by atoms with Crippen molar-refractivity contribution in [3.63, 3.8) is 0 Å². The lowest BCUT2D eigenvalue weighted by Gasteiger charge is -2.27. The van der Waals surface area contributed by atoms with Crippen molar-refractivity contribution in [2.45, 2.75) is 6.61 Å². The number of hydrogen-bond donors (Lipinski definition) is 2. The average Bonchev–Trinajstić information content (AvgIpc) is 2.94. The van der Waals surface area contributed by atoms with Crippen molar-refractivity contribution in [1.82, 2.24) is 15.0 Å². The second kappa shape index (κ2) is 12.6. The van der Waals surface area contributed by atoms with Crippen LogP contribution in [0.25, 0.3) is 0 Å². The lowest BCUT2D eigenvalue weighted by molar-refractivity contribution is 0.122. The summed E-state index contributed by atoms with van der Waals surface area (Å²) in [7, 11) is 0. The minimum Gasteiger partial charge on any atom is -0.489 e. The lowest BCUT2D eigenvalue weighted by Crippen LogP contribution is -2.37. The highest BCUT2D eigenvalue weighted by Crippen LogP contribution is 2.23. The number of anilines is 4. The van der Waals surface area contributed by atoms with Crippen LogP contribution in [0.3, 0.4) is 0 Å². The van der Waals surface area contributed by atoms with E-state index < -0.39 is 0 Å². The minimum atomic E-state index is 0.330. The van der Waals surface area contributed by atoms with Gasteiger partial charge in [0.15, 0.2) is 0 Å². The highest BCUT2D eigenvalue weighted by Gasteiger charge is 2.16. The predicted octanol–water partition coefficient (Wildman–Crippen LogP) is 5.78. The molecule has 4 aromatic rings. The van der Waals surface area contributed by atoms with Crippen molar-refractivity contribution in [3.05, 3.63) is 94.0 Å². The van der Waals surface area contributed by atoms with Gasteiger partial charge in [0.2, 0.25) is 17.8 Å². The number of rotatable bonds is 9. The van der Waals surface area contributed by atoms with E-state index in [1.807, 2.05) is 60.7 Å². The second-order valence-electron chi connectivity index (χ2n) is 8.34. The number of ether oxygens (including phenoxy) is 2. The van der Waals surface area contributed by atoms with Crippen molar-refractivity contribution in [2.24, 2.45) is 5.10 Å². The summed E-state index contributed by atoms with van der Waals surface area (Å²) in [4.78, 5) is 15.7. The van der Waals surface area contributed by atoms with E-state index in [0.717, 1.165) is 16.8 Å². The first-order valence-corrected chi connectivity index (χ1v) is 12.7. The Hall–Kier alpha value is -3.92. The van der Waals surface area contributed by atoms with Crippen LogP contribution in [-0.2, 0) is 11.3 Å². The molecule has 2 N–H and O–H groups in total. The molecule has 9 nitrogen and oxygen atoms in total. The van der Waals surface area contributed by atoms with Crippen LogP contribution in [0, 0.1) is 0 Å². The van der Waals surface area contributed by atoms with Crippen LogP contribution >= 0.6 is 23.2 Å². The predicted molar refractivity (Wildman–Crippen MR) is 151 cm³/mol. The highest BCUT2D eigenvalue weighted by atomic mass is 35.5. The number of morpholine rings is 1. The van der Waals surface area contributed by atoms with Crippen LogP contribution in [0.1, 0.15) is 11.1 Å². The van der Waals surface area contributed by atoms with Gasteiger partial charge in [-0.1, -0.05) is 47.5 Å². The summed E-state index contributed by atoms with van der Waals surface area (Å²) < 4.78 is 11.3. The van der Waals surface area contributed by atoms with Gasteiger partial charge < -0.3 is 19.7 Å². The maximum atomic E-state index is 6.22. The first-order valence-electron chi connectivity index (χ1n) is 12.0. The molecule has 1 aliphatic rings. The Kier molecular flexibility index (Phi) is 8.49. The van der Waals surface area contributed by atoms with Crippen molar-refractivity contribution in [2.75, 3.05) is 41.9 Å². The highest BCUT2D eigenvalue weighted by molar-refractivity contribution is 6.35. The lowest BCUT2D eigenvalue weighted by atomic mass is 10.2. The van der Waals surface area contributed by atoms with Crippen LogP contribution in [0.2, 0.25) is 10.0 Å². The second-order valence-corrected chi connectivity index (χ2v) is 9.18. The first kappa shape index (κ1) is 25.7. The fourth-order valence-electron chi connectivity index (χ4n) is 3.64. The number of hydrogen-bond acceptors (Lipinski definition) is 9. The zero-order valence-electron chi connectivity index (χ0n) is 20.3. The number of aromatic nitrogens is 3. The van der Waals surface area contributed by atoms with Gasteiger partial charge in [-0.25, -0.2) is 5.43 Å². The molecule has 0 atom stereocenters. The maximum absolute atomic E-state index is 6.22. The Morgan fingerprint density at radius 3 is 2.45 bits per heavy atom. The molecule has 1 saturated heterocycles. The van der Waals surface area contributed by atoms with E-state index in [0.29, 0.717) is 66.5 Å². The minimum absolute atomic E-state index is 0.330. The molecule has 0 spiro atoms. The third-order valence-electron chi connectivity index (χ3n) is 5.62. The summed E-state index contributed by atoms with van der Waals surface area (Å²) >= 11 is 12.2. The molecule has 5 rings (SSSR count). The monoisotopic (exact) mass is 549 g/mol. The number of para-hydroxylation sites is 1. The van der Waals surface area contributed by atoms with Crippen molar-refractivity contribution in [3.8, 4) is 5.75 Å². The van der Waals surface area contributed by atoms with E-state index in [-0.39, 0.29) is 0 Å². The van der Waals surface area contributed by atoms with Gasteiger partial charge in [0.1, 0.15) is 12.4 Å². The summed E-state index contributed by atoms with van der Waals surface area (Å²) in [5.74, 6) is 2.02. The molecule has 0 unspecified atom stereocenters. The van der Waals surface area contributed by atoms with Crippen molar-refractivity contribution >= 4 is 52.9 Å². The van der Waals surface area contributed by atoms with Gasteiger partial charge in [-0.05, 0) is 54.1 Å². The maximum Gasteiger partial charge on any atom is 0.250 e. The van der Waals surface area contributed by atoms with Gasteiger partial charge in [0.05, 0.1) is 19.4 Å². The van der Waals surface area contributed by atoms with Gasteiger partial charge in [0, 0.05) is 34.4 Å². The summed E-state index contributed by atoms with van der Waals surface area (Å²) in [5.41, 5.74) is 5.54. The molecule has 0 amide bonds. The SMILES string of the molecule is Clc1ccc(COc2ccc(/C=N\Nc3nc(Nc4ccccc4)nc(N4CCOCC4)n3)cc2)c(Cl)c1. The Labute approximate surface area is 230 Å². The standard InChI is InChI=1S/C27H25Cl2N7O2/c28-21-9-8-20(24(29)16-21)18-38-23-10-6-19(7-11-23)17-30-35-26-32-25(31-22-4-2-1-3-5-22)33-27(34-26)36-12-14-37-15-13-36/h1-11,16-17H,12-15,18H2,(H2,31,32,33,34,35)/b30-17-. The molecule has 0 bridgehead atoms. The third-order valence-corrected chi connectivity index (χ3v) is 6.20. The fraction of sp³-hybridized carbons (Fsp3) is 0.185. The molecular weight excluding hydrogens is 525 g/mol. The Bertz CT molecular complexity index is 1380. The van der Waals surface area contributed by atoms with E-state index in [4.69, 9.17) is 32.7 Å². The molecule has 0 saturated carbocycles. The van der Waals surface area contributed by atoms with E-state index in [2.05, 4.69) is 35.7 Å². The molecular formula is C27H25Cl2N7O2. The molecule has 1 fully saturated rings. The molecule has 0 radical (unpaired) electrons. The van der Waals surface area contributed by atoms with Crippen molar-refractivity contribution < 1.29 is 9.47 Å². The van der Waals surface area contributed by atoms with Crippen LogP contribution < -0.4 is 20.4 Å². The number of halogens is 2.